The van der Waals surface area contributed by atoms with Gasteiger partial charge < -0.3 is 35.3 Å². The second kappa shape index (κ2) is 14.9. The smallest absolute Gasteiger partial charge is 0.216 e. The highest BCUT2D eigenvalue weighted by molar-refractivity contribution is 5.52. The summed E-state index contributed by atoms with van der Waals surface area (Å²) in [5, 5.41) is 34.9. The van der Waals surface area contributed by atoms with Gasteiger partial charge in [0.1, 0.15) is 5.75 Å². The molecule has 4 N–H and O–H groups in total. The number of aromatic hydroxyl groups is 1. The summed E-state index contributed by atoms with van der Waals surface area (Å²) in [6, 6.07) is 16.6. The summed E-state index contributed by atoms with van der Waals surface area (Å²) in [5.41, 5.74) is 7.13. The van der Waals surface area contributed by atoms with Gasteiger partial charge in [-0.05, 0) is 81.6 Å². The first-order valence-electron chi connectivity index (χ1n) is 16.7. The van der Waals surface area contributed by atoms with Gasteiger partial charge in [0.05, 0.1) is 17.9 Å². The molecule has 0 aromatic heterocycles. The Kier molecular flexibility index (Phi) is 10.7. The number of β-amino-alcohol motifs (C(OH)–C–C–N with tert-alkyl or cyclic N) is 1. The van der Waals surface area contributed by atoms with E-state index in [-0.39, 0.29) is 5.75 Å². The molecule has 44 heavy (non-hydrogen) atoms. The summed E-state index contributed by atoms with van der Waals surface area (Å²) in [6.07, 6.45) is 3.22. The number of phenols is 1. The molecule has 4 aliphatic heterocycles. The van der Waals surface area contributed by atoms with Crippen LogP contribution in [-0.4, -0.2) is 143 Å². The van der Waals surface area contributed by atoms with Crippen molar-refractivity contribution < 1.29 is 20.1 Å². The van der Waals surface area contributed by atoms with Crippen molar-refractivity contribution in [3.05, 3.63) is 59.7 Å². The van der Waals surface area contributed by atoms with Crippen molar-refractivity contribution in [1.29, 1.82) is 0 Å². The van der Waals surface area contributed by atoms with Crippen molar-refractivity contribution in [2.45, 2.75) is 69.2 Å². The highest BCUT2D eigenvalue weighted by atomic mass is 16.6. The van der Waals surface area contributed by atoms with E-state index < -0.39 is 18.6 Å². The van der Waals surface area contributed by atoms with Crippen molar-refractivity contribution >= 4 is 5.69 Å². The predicted molar refractivity (Wildman–Crippen MR) is 172 cm³/mol. The number of hydrogen-bond donors (Lipinski definition) is 4. The third-order valence-electron chi connectivity index (χ3n) is 10.3. The number of hydrogen-bond acceptors (Lipinski definition) is 10. The first-order chi connectivity index (χ1) is 21.4. The molecule has 3 atom stereocenters. The third-order valence-corrected chi connectivity index (χ3v) is 10.3. The van der Waals surface area contributed by atoms with Crippen LogP contribution in [0, 0.1) is 0 Å². The number of likely N-dealkylation sites (N-methyl/N-ethyl adjacent to an activating group) is 1. The van der Waals surface area contributed by atoms with E-state index in [1.807, 2.05) is 17.0 Å². The summed E-state index contributed by atoms with van der Waals surface area (Å²) in [7, 11) is 2.20. The lowest BCUT2D eigenvalue weighted by molar-refractivity contribution is -0.239. The lowest BCUT2D eigenvalue weighted by Crippen LogP contribution is -2.54. The Bertz CT molecular complexity index is 1160. The van der Waals surface area contributed by atoms with Crippen LogP contribution in [0.25, 0.3) is 0 Å². The Balaban J connectivity index is 1.01. The second-order valence-corrected chi connectivity index (χ2v) is 13.3. The number of hydrazine groups is 1. The fraction of sp³-hybridized carbons (Fsp3) is 0.647. The maximum Gasteiger partial charge on any atom is 0.216 e. The largest absolute Gasteiger partial charge is 0.508 e. The van der Waals surface area contributed by atoms with Crippen LogP contribution in [0.15, 0.2) is 48.5 Å². The first-order valence-corrected chi connectivity index (χ1v) is 16.7. The predicted octanol–water partition coefficient (Wildman–Crippen LogP) is 2.02. The minimum absolute atomic E-state index is 0.213. The highest BCUT2D eigenvalue weighted by Crippen LogP contribution is 2.27. The van der Waals surface area contributed by atoms with E-state index >= 15 is 0 Å². The van der Waals surface area contributed by atoms with Gasteiger partial charge in [-0.25, -0.2) is 5.01 Å². The van der Waals surface area contributed by atoms with Crippen LogP contribution >= 0.6 is 0 Å². The molecule has 2 aromatic carbocycles. The maximum atomic E-state index is 11.5. The molecular formula is C34H52N6O4. The molecule has 0 radical (unpaired) electrons. The van der Waals surface area contributed by atoms with E-state index in [1.54, 1.807) is 12.1 Å². The second-order valence-electron chi connectivity index (χ2n) is 13.3. The van der Waals surface area contributed by atoms with Gasteiger partial charge in [0, 0.05) is 70.9 Å². The molecule has 3 fully saturated rings. The molecule has 4 heterocycles. The molecule has 0 aliphatic carbocycles. The fourth-order valence-electron chi connectivity index (χ4n) is 7.41. The monoisotopic (exact) mass is 608 g/mol. The summed E-state index contributed by atoms with van der Waals surface area (Å²) in [4.78, 5) is 9.39. The van der Waals surface area contributed by atoms with Crippen molar-refractivity contribution in [1.82, 2.24) is 24.6 Å². The Morgan fingerprint density at radius 2 is 1.50 bits per heavy atom. The van der Waals surface area contributed by atoms with Crippen molar-refractivity contribution in [3.8, 4) is 5.75 Å². The van der Waals surface area contributed by atoms with E-state index in [1.165, 1.54) is 11.3 Å². The third kappa shape index (κ3) is 8.10. The molecule has 4 aliphatic rings. The number of nitrogens with one attached hydrogen (secondary N) is 1. The van der Waals surface area contributed by atoms with Gasteiger partial charge >= 0.3 is 0 Å². The lowest BCUT2D eigenvalue weighted by Gasteiger charge is -2.43. The number of rotatable bonds is 10. The zero-order valence-electron chi connectivity index (χ0n) is 26.3. The molecule has 10 heteroatoms. The van der Waals surface area contributed by atoms with Gasteiger partial charge in [-0.15, -0.1) is 0 Å². The topological polar surface area (TPSA) is 98.2 Å². The number of piperazine rings is 1. The average Bonchev–Trinajstić information content (AvgIpc) is 3.06. The van der Waals surface area contributed by atoms with Crippen LogP contribution in [0.2, 0.25) is 0 Å². The SMILES string of the molecule is CN1CCN(C2CCN(CC(O)C(Cc3ccc(O)cc3)OC(O)N3CCC(N4CCc5ccccc5N4)CC3)CC2)CC1. The van der Waals surface area contributed by atoms with E-state index in [0.29, 0.717) is 25.0 Å². The summed E-state index contributed by atoms with van der Waals surface area (Å²) in [6.45, 7) is 9.45. The van der Waals surface area contributed by atoms with Crippen LogP contribution in [0.5, 0.6) is 5.75 Å². The van der Waals surface area contributed by atoms with Crippen LogP contribution in [0.3, 0.4) is 0 Å². The molecule has 10 nitrogen and oxygen atoms in total. The molecular weight excluding hydrogens is 556 g/mol. The number of fused-ring (bicyclic) bond motifs is 1. The standard InChI is InChI=1S/C34H52N6O4/c1-36-20-22-38(23-21-36)28-11-15-37(16-12-28)25-32(42)33(24-26-6-8-30(41)9-7-26)44-34(43)39-17-13-29(14-18-39)40-19-10-27-4-2-3-5-31(27)35-40/h2-9,28-29,32-35,41-43H,10-25H2,1H3. The number of piperidine rings is 2. The van der Waals surface area contributed by atoms with Crippen molar-refractivity contribution in [2.24, 2.45) is 0 Å². The molecule has 0 amide bonds. The number of likely N-dealkylation sites (tertiary alicyclic amines) is 2. The normalized spacial score (nSPS) is 24.4. The van der Waals surface area contributed by atoms with E-state index in [0.717, 1.165) is 96.6 Å². The number of nitrogens with zero attached hydrogens (tertiary/aromatic N) is 5. The minimum atomic E-state index is -1.08. The van der Waals surface area contributed by atoms with E-state index in [9.17, 15) is 15.3 Å². The average molecular weight is 609 g/mol. The van der Waals surface area contributed by atoms with Gasteiger partial charge in [0.25, 0.3) is 0 Å². The fourth-order valence-corrected chi connectivity index (χ4v) is 7.41. The van der Waals surface area contributed by atoms with Gasteiger partial charge in [0.15, 0.2) is 0 Å². The number of anilines is 1. The van der Waals surface area contributed by atoms with E-state index in [2.05, 4.69) is 56.4 Å². The first kappa shape index (κ1) is 31.7. The van der Waals surface area contributed by atoms with Crippen molar-refractivity contribution in [2.75, 3.05) is 77.9 Å². The van der Waals surface area contributed by atoms with Crippen molar-refractivity contribution in [3.63, 3.8) is 0 Å². The summed E-state index contributed by atoms with van der Waals surface area (Å²) in [5.74, 6) is 0.213. The summed E-state index contributed by atoms with van der Waals surface area (Å²) >= 11 is 0. The number of benzene rings is 2. The Morgan fingerprint density at radius 3 is 2.23 bits per heavy atom. The number of aliphatic hydroxyl groups excluding tert-OH is 2. The van der Waals surface area contributed by atoms with Gasteiger partial charge in [0.2, 0.25) is 6.41 Å². The number of phenolic OH excluding ortho intramolecular Hbond substituents is 1. The van der Waals surface area contributed by atoms with Gasteiger partial charge in [-0.3, -0.25) is 9.80 Å². The minimum Gasteiger partial charge on any atom is -0.508 e. The zero-order valence-corrected chi connectivity index (χ0v) is 26.3. The number of ether oxygens (including phenoxy) is 1. The zero-order chi connectivity index (χ0) is 30.5. The van der Waals surface area contributed by atoms with Crippen LogP contribution in [-0.2, 0) is 17.6 Å². The molecule has 0 saturated carbocycles. The highest BCUT2D eigenvalue weighted by Gasteiger charge is 2.34. The van der Waals surface area contributed by atoms with Crippen LogP contribution < -0.4 is 5.43 Å². The molecule has 2 aromatic rings. The molecule has 242 valence electrons. The quantitative estimate of drug-likeness (QED) is 0.300. The van der Waals surface area contributed by atoms with Crippen LogP contribution in [0.4, 0.5) is 5.69 Å². The molecule has 0 spiro atoms. The van der Waals surface area contributed by atoms with Gasteiger partial charge in [-0.1, -0.05) is 30.3 Å². The Labute approximate surface area is 262 Å². The molecule has 3 saturated heterocycles. The maximum absolute atomic E-state index is 11.5. The van der Waals surface area contributed by atoms with Crippen LogP contribution in [0.1, 0.15) is 36.8 Å². The Morgan fingerprint density at radius 1 is 0.818 bits per heavy atom. The number of para-hydroxylation sites is 1. The molecule has 0 bridgehead atoms. The number of aliphatic hydroxyl groups is 2. The molecule has 3 unspecified atom stereocenters. The summed E-state index contributed by atoms with van der Waals surface area (Å²) < 4.78 is 6.28. The van der Waals surface area contributed by atoms with Gasteiger partial charge in [-0.2, -0.15) is 0 Å². The van der Waals surface area contributed by atoms with E-state index in [4.69, 9.17) is 4.74 Å². The lowest BCUT2D eigenvalue weighted by atomic mass is 9.99. The molecule has 6 rings (SSSR count). The Hall–Kier alpha value is -2.28.